The number of benzene rings is 1. The third-order valence-corrected chi connectivity index (χ3v) is 5.21. The van der Waals surface area contributed by atoms with Gasteiger partial charge in [-0.15, -0.1) is 0 Å². The van der Waals surface area contributed by atoms with Crippen LogP contribution in [-0.2, 0) is 11.2 Å². The lowest BCUT2D eigenvalue weighted by molar-refractivity contribution is -0.143. The summed E-state index contributed by atoms with van der Waals surface area (Å²) in [5.74, 6) is -1.05. The van der Waals surface area contributed by atoms with E-state index in [0.717, 1.165) is 19.3 Å². The number of amides is 2. The number of likely N-dealkylation sites (tertiary alicyclic amines) is 1. The summed E-state index contributed by atoms with van der Waals surface area (Å²) in [5.41, 5.74) is 3.73. The van der Waals surface area contributed by atoms with Gasteiger partial charge in [0.2, 0.25) is 0 Å². The Bertz CT molecular complexity index is 643. The summed E-state index contributed by atoms with van der Waals surface area (Å²) in [7, 11) is 0. The van der Waals surface area contributed by atoms with Crippen molar-refractivity contribution >= 4 is 12.0 Å². The minimum Gasteiger partial charge on any atom is -0.481 e. The topological polar surface area (TPSA) is 69.6 Å². The number of aliphatic carboxylic acids is 1. The molecule has 1 fully saturated rings. The van der Waals surface area contributed by atoms with Crippen LogP contribution in [0.1, 0.15) is 48.9 Å². The molecule has 3 rings (SSSR count). The first kappa shape index (κ1) is 16.8. The van der Waals surface area contributed by atoms with E-state index in [9.17, 15) is 14.7 Å². The number of aryl methyl sites for hydroxylation is 2. The van der Waals surface area contributed by atoms with Crippen molar-refractivity contribution in [3.63, 3.8) is 0 Å². The Balaban J connectivity index is 1.71. The van der Waals surface area contributed by atoms with Crippen LogP contribution in [0, 0.1) is 18.8 Å². The molecule has 1 aromatic carbocycles. The molecule has 1 aliphatic heterocycles. The maximum atomic E-state index is 12.7. The van der Waals surface area contributed by atoms with E-state index in [1.54, 1.807) is 4.90 Å². The summed E-state index contributed by atoms with van der Waals surface area (Å²) in [6.07, 6.45) is 3.71. The lowest BCUT2D eigenvalue weighted by atomic mass is 9.86. The van der Waals surface area contributed by atoms with E-state index in [-0.39, 0.29) is 18.0 Å². The van der Waals surface area contributed by atoms with Crippen LogP contribution in [0.2, 0.25) is 0 Å². The van der Waals surface area contributed by atoms with Gasteiger partial charge in [0.05, 0.1) is 12.0 Å². The maximum absolute atomic E-state index is 12.7. The molecule has 1 aliphatic carbocycles. The standard InChI is InChI=1S/C19H26N2O3/c1-12-6-7-14-4-3-5-17(16(14)9-12)20-19(24)21-10-13(2)8-15(11-21)18(22)23/h6-7,9,13,15,17H,3-5,8,10-11H2,1-2H3,(H,20,24)(H,22,23)/t13?,15?,17-/m1/s1. The number of carboxylic acid groups (broad SMARTS) is 1. The SMILES string of the molecule is Cc1ccc2c(c1)[C@H](NC(=O)N1CC(C)CC(C(=O)O)C1)CCC2. The van der Waals surface area contributed by atoms with Gasteiger partial charge in [0, 0.05) is 13.1 Å². The number of rotatable bonds is 2. The van der Waals surface area contributed by atoms with Crippen LogP contribution in [0.4, 0.5) is 4.79 Å². The number of urea groups is 1. The quantitative estimate of drug-likeness (QED) is 0.875. The summed E-state index contributed by atoms with van der Waals surface area (Å²) in [4.78, 5) is 25.7. The molecule has 0 aromatic heterocycles. The molecule has 2 aliphatic rings. The van der Waals surface area contributed by atoms with E-state index in [1.807, 2.05) is 6.92 Å². The fourth-order valence-electron chi connectivity index (χ4n) is 4.01. The van der Waals surface area contributed by atoms with E-state index < -0.39 is 11.9 Å². The molecule has 0 bridgehead atoms. The first-order valence-electron chi connectivity index (χ1n) is 8.81. The number of hydrogen-bond acceptors (Lipinski definition) is 2. The first-order chi connectivity index (χ1) is 11.4. The molecule has 1 heterocycles. The summed E-state index contributed by atoms with van der Waals surface area (Å²) in [6.45, 7) is 5.01. The van der Waals surface area contributed by atoms with Crippen LogP contribution >= 0.6 is 0 Å². The summed E-state index contributed by atoms with van der Waals surface area (Å²) in [6, 6.07) is 6.34. The van der Waals surface area contributed by atoms with Crippen molar-refractivity contribution in [3.8, 4) is 0 Å². The number of fused-ring (bicyclic) bond motifs is 1. The largest absolute Gasteiger partial charge is 0.481 e. The third kappa shape index (κ3) is 3.55. The monoisotopic (exact) mass is 330 g/mol. The minimum atomic E-state index is -0.807. The second-order valence-electron chi connectivity index (χ2n) is 7.38. The normalized spacial score (nSPS) is 26.6. The molecular formula is C19H26N2O3. The molecule has 1 aromatic rings. The molecule has 0 saturated carbocycles. The van der Waals surface area contributed by atoms with E-state index in [2.05, 4.69) is 30.4 Å². The Morgan fingerprint density at radius 1 is 1.29 bits per heavy atom. The van der Waals surface area contributed by atoms with Crippen LogP contribution in [0.15, 0.2) is 18.2 Å². The molecule has 1 saturated heterocycles. The minimum absolute atomic E-state index is 0.0293. The zero-order valence-corrected chi connectivity index (χ0v) is 14.4. The van der Waals surface area contributed by atoms with Crippen molar-refractivity contribution < 1.29 is 14.7 Å². The molecule has 2 N–H and O–H groups in total. The molecule has 5 heteroatoms. The average molecular weight is 330 g/mol. The van der Waals surface area contributed by atoms with Gasteiger partial charge in [-0.25, -0.2) is 4.79 Å². The van der Waals surface area contributed by atoms with Gasteiger partial charge in [0.1, 0.15) is 0 Å². The Kier molecular flexibility index (Phi) is 4.78. The van der Waals surface area contributed by atoms with Crippen molar-refractivity contribution in [1.29, 1.82) is 0 Å². The Morgan fingerprint density at radius 2 is 2.08 bits per heavy atom. The summed E-state index contributed by atoms with van der Waals surface area (Å²) < 4.78 is 0. The van der Waals surface area contributed by atoms with Gasteiger partial charge < -0.3 is 15.3 Å². The number of carbonyl (C=O) groups is 2. The van der Waals surface area contributed by atoms with E-state index in [0.29, 0.717) is 19.5 Å². The number of carboxylic acids is 1. The van der Waals surface area contributed by atoms with Crippen LogP contribution < -0.4 is 5.32 Å². The van der Waals surface area contributed by atoms with Gasteiger partial charge in [-0.05, 0) is 49.7 Å². The van der Waals surface area contributed by atoms with Gasteiger partial charge in [-0.1, -0.05) is 30.7 Å². The van der Waals surface area contributed by atoms with Crippen molar-refractivity contribution in [2.45, 2.75) is 45.6 Å². The third-order valence-electron chi connectivity index (χ3n) is 5.21. The van der Waals surface area contributed by atoms with Crippen molar-refractivity contribution in [3.05, 3.63) is 34.9 Å². The highest BCUT2D eigenvalue weighted by Gasteiger charge is 2.33. The second-order valence-corrected chi connectivity index (χ2v) is 7.38. The second kappa shape index (κ2) is 6.83. The number of hydrogen-bond donors (Lipinski definition) is 2. The first-order valence-corrected chi connectivity index (χ1v) is 8.81. The Morgan fingerprint density at radius 3 is 2.83 bits per heavy atom. The maximum Gasteiger partial charge on any atom is 0.317 e. The average Bonchev–Trinajstić information content (AvgIpc) is 2.54. The predicted octanol–water partition coefficient (Wildman–Crippen LogP) is 3.12. The number of piperidine rings is 1. The Labute approximate surface area is 143 Å². The summed E-state index contributed by atoms with van der Waals surface area (Å²) >= 11 is 0. The van der Waals surface area contributed by atoms with Gasteiger partial charge in [0.25, 0.3) is 0 Å². The fourth-order valence-corrected chi connectivity index (χ4v) is 4.01. The van der Waals surface area contributed by atoms with Crippen molar-refractivity contribution in [2.24, 2.45) is 11.8 Å². The van der Waals surface area contributed by atoms with Crippen LogP contribution in [0.3, 0.4) is 0 Å². The molecule has 5 nitrogen and oxygen atoms in total. The summed E-state index contributed by atoms with van der Waals surface area (Å²) in [5, 5.41) is 12.4. The molecule has 24 heavy (non-hydrogen) atoms. The molecule has 0 spiro atoms. The highest BCUT2D eigenvalue weighted by atomic mass is 16.4. The smallest absolute Gasteiger partial charge is 0.317 e. The highest BCUT2D eigenvalue weighted by molar-refractivity contribution is 5.77. The predicted molar refractivity (Wildman–Crippen MR) is 91.9 cm³/mol. The van der Waals surface area contributed by atoms with Gasteiger partial charge in [0.15, 0.2) is 0 Å². The van der Waals surface area contributed by atoms with E-state index >= 15 is 0 Å². The molecule has 2 unspecified atom stereocenters. The van der Waals surface area contributed by atoms with Crippen LogP contribution in [-0.4, -0.2) is 35.1 Å². The fraction of sp³-hybridized carbons (Fsp3) is 0.579. The van der Waals surface area contributed by atoms with Gasteiger partial charge in [-0.2, -0.15) is 0 Å². The Hall–Kier alpha value is -2.04. The van der Waals surface area contributed by atoms with Gasteiger partial charge >= 0.3 is 12.0 Å². The number of carbonyl (C=O) groups excluding carboxylic acids is 1. The molecule has 2 amide bonds. The highest BCUT2D eigenvalue weighted by Crippen LogP contribution is 2.31. The van der Waals surface area contributed by atoms with Gasteiger partial charge in [-0.3, -0.25) is 4.79 Å². The van der Waals surface area contributed by atoms with E-state index in [1.165, 1.54) is 16.7 Å². The number of nitrogens with one attached hydrogen (secondary N) is 1. The van der Waals surface area contributed by atoms with Crippen LogP contribution in [0.5, 0.6) is 0 Å². The lowest BCUT2D eigenvalue weighted by Crippen LogP contribution is -2.50. The number of nitrogens with zero attached hydrogens (tertiary/aromatic N) is 1. The van der Waals surface area contributed by atoms with Crippen molar-refractivity contribution in [1.82, 2.24) is 10.2 Å². The zero-order valence-electron chi connectivity index (χ0n) is 14.4. The van der Waals surface area contributed by atoms with Crippen molar-refractivity contribution in [2.75, 3.05) is 13.1 Å². The van der Waals surface area contributed by atoms with E-state index in [4.69, 9.17) is 0 Å². The van der Waals surface area contributed by atoms with Crippen LogP contribution in [0.25, 0.3) is 0 Å². The lowest BCUT2D eigenvalue weighted by Gasteiger charge is -2.36. The molecule has 3 atom stereocenters. The molecular weight excluding hydrogens is 304 g/mol. The molecule has 130 valence electrons. The molecule has 0 radical (unpaired) electrons. The zero-order chi connectivity index (χ0) is 17.3.